The van der Waals surface area contributed by atoms with Crippen LogP contribution < -0.4 is 4.90 Å². The Kier molecular flexibility index (Phi) is 6.32. The summed E-state index contributed by atoms with van der Waals surface area (Å²) in [5.41, 5.74) is 0. The second-order valence-corrected chi connectivity index (χ2v) is 9.42. The second kappa shape index (κ2) is 8.45. The molecule has 0 radical (unpaired) electrons. The third-order valence-corrected chi connectivity index (χ3v) is 8.06. The summed E-state index contributed by atoms with van der Waals surface area (Å²) in [5, 5.41) is 3.93. The predicted molar refractivity (Wildman–Crippen MR) is 97.8 cm³/mol. The number of carbonyl (C=O) groups excluding carboxylic acids is 1. The molecule has 0 spiro atoms. The van der Waals surface area contributed by atoms with Crippen LogP contribution in [-0.4, -0.2) is 53.0 Å². The first-order chi connectivity index (χ1) is 10.8. The third-order valence-electron chi connectivity index (χ3n) is 4.22. The van der Waals surface area contributed by atoms with Crippen LogP contribution in [0.3, 0.4) is 0 Å². The summed E-state index contributed by atoms with van der Waals surface area (Å²) in [4.78, 5) is 20.9. The van der Waals surface area contributed by atoms with Gasteiger partial charge in [-0.2, -0.15) is 0 Å². The fourth-order valence-corrected chi connectivity index (χ4v) is 6.61. The number of hydrogen-bond donors (Lipinski definition) is 0. The van der Waals surface area contributed by atoms with Gasteiger partial charge in [-0.3, -0.25) is 4.79 Å². The molecule has 0 aromatic carbocycles. The maximum absolute atomic E-state index is 12.3. The standard InChI is InChI=1S/C15H23N3OS3/c19-14(4-2-1-3-13-5-11-21-22-13)17-7-9-18(10-8-17)15-16-6-12-20-15/h6,12-13H,1-5,7-11H2. The summed E-state index contributed by atoms with van der Waals surface area (Å²) in [6.07, 6.45) is 7.45. The van der Waals surface area contributed by atoms with Crippen molar-refractivity contribution < 1.29 is 4.79 Å². The van der Waals surface area contributed by atoms with Crippen LogP contribution in [-0.2, 0) is 4.79 Å². The quantitative estimate of drug-likeness (QED) is 0.575. The van der Waals surface area contributed by atoms with E-state index in [-0.39, 0.29) is 0 Å². The normalized spacial score (nSPS) is 22.3. The molecule has 3 rings (SSSR count). The zero-order valence-electron chi connectivity index (χ0n) is 12.8. The molecule has 1 aromatic heterocycles. The number of unbranched alkanes of at least 4 members (excludes halogenated alkanes) is 1. The lowest BCUT2D eigenvalue weighted by Gasteiger charge is -2.34. The first kappa shape index (κ1) is 16.5. The molecule has 2 aliphatic heterocycles. The van der Waals surface area contributed by atoms with Gasteiger partial charge in [0.25, 0.3) is 0 Å². The smallest absolute Gasteiger partial charge is 0.222 e. The van der Waals surface area contributed by atoms with Crippen molar-refractivity contribution in [3.05, 3.63) is 11.6 Å². The molecule has 122 valence electrons. The van der Waals surface area contributed by atoms with E-state index in [2.05, 4.69) is 9.88 Å². The van der Waals surface area contributed by atoms with Crippen molar-refractivity contribution in [3.63, 3.8) is 0 Å². The van der Waals surface area contributed by atoms with Crippen LogP contribution in [0.5, 0.6) is 0 Å². The molecule has 1 amide bonds. The summed E-state index contributed by atoms with van der Waals surface area (Å²) >= 11 is 1.68. The molecule has 3 heterocycles. The molecule has 22 heavy (non-hydrogen) atoms. The van der Waals surface area contributed by atoms with Crippen molar-refractivity contribution in [1.82, 2.24) is 9.88 Å². The Morgan fingerprint density at radius 2 is 2.14 bits per heavy atom. The molecular formula is C15H23N3OS3. The van der Waals surface area contributed by atoms with Crippen LogP contribution in [0.4, 0.5) is 5.13 Å². The number of aromatic nitrogens is 1. The summed E-state index contributed by atoms with van der Waals surface area (Å²) in [6.45, 7) is 3.51. The molecule has 7 heteroatoms. The van der Waals surface area contributed by atoms with Gasteiger partial charge in [-0.25, -0.2) is 4.98 Å². The minimum Gasteiger partial charge on any atom is -0.345 e. The topological polar surface area (TPSA) is 36.4 Å². The van der Waals surface area contributed by atoms with Gasteiger partial charge < -0.3 is 9.80 Å². The van der Waals surface area contributed by atoms with Gasteiger partial charge in [0.1, 0.15) is 0 Å². The van der Waals surface area contributed by atoms with Gasteiger partial charge in [-0.1, -0.05) is 28.0 Å². The number of rotatable bonds is 6. The highest BCUT2D eigenvalue weighted by molar-refractivity contribution is 8.77. The van der Waals surface area contributed by atoms with Gasteiger partial charge in [0.15, 0.2) is 5.13 Å². The maximum atomic E-state index is 12.3. The Labute approximate surface area is 144 Å². The Bertz CT molecular complexity index is 455. The van der Waals surface area contributed by atoms with Crippen LogP contribution in [0, 0.1) is 0 Å². The summed E-state index contributed by atoms with van der Waals surface area (Å²) < 4.78 is 0. The molecule has 0 N–H and O–H groups in total. The molecule has 0 aliphatic carbocycles. The number of hydrogen-bond acceptors (Lipinski definition) is 6. The molecule has 0 saturated carbocycles. The molecule has 1 aromatic rings. The highest BCUT2D eigenvalue weighted by atomic mass is 33.1. The van der Waals surface area contributed by atoms with Gasteiger partial charge in [-0.05, 0) is 19.3 Å². The minimum absolute atomic E-state index is 0.340. The van der Waals surface area contributed by atoms with E-state index < -0.39 is 0 Å². The fourth-order valence-electron chi connectivity index (χ4n) is 2.89. The molecule has 2 aliphatic rings. The number of thiazole rings is 1. The molecule has 4 nitrogen and oxygen atoms in total. The molecular weight excluding hydrogens is 334 g/mol. The predicted octanol–water partition coefficient (Wildman–Crippen LogP) is 3.51. The average Bonchev–Trinajstić information content (AvgIpc) is 3.25. The first-order valence-corrected chi connectivity index (χ1v) is 11.3. The van der Waals surface area contributed by atoms with Gasteiger partial charge in [0, 0.05) is 55.2 Å². The van der Waals surface area contributed by atoms with Crippen LogP contribution in [0.25, 0.3) is 0 Å². The van der Waals surface area contributed by atoms with Crippen molar-refractivity contribution >= 4 is 44.0 Å². The molecule has 1 unspecified atom stereocenters. The number of carbonyl (C=O) groups is 1. The number of nitrogens with zero attached hydrogens (tertiary/aromatic N) is 3. The first-order valence-electron chi connectivity index (χ1n) is 8.03. The number of anilines is 1. The lowest BCUT2D eigenvalue weighted by molar-refractivity contribution is -0.131. The zero-order valence-corrected chi connectivity index (χ0v) is 15.2. The van der Waals surface area contributed by atoms with E-state index in [1.54, 1.807) is 11.3 Å². The van der Waals surface area contributed by atoms with E-state index in [0.29, 0.717) is 5.91 Å². The largest absolute Gasteiger partial charge is 0.345 e. The summed E-state index contributed by atoms with van der Waals surface area (Å²) in [6, 6.07) is 0. The Hall–Kier alpha value is -0.400. The van der Waals surface area contributed by atoms with Crippen molar-refractivity contribution in [2.45, 2.75) is 37.4 Å². The Morgan fingerprint density at radius 1 is 1.27 bits per heavy atom. The van der Waals surface area contributed by atoms with Crippen molar-refractivity contribution in [2.24, 2.45) is 0 Å². The van der Waals surface area contributed by atoms with Crippen LogP contribution in [0.2, 0.25) is 0 Å². The third kappa shape index (κ3) is 4.55. The highest BCUT2D eigenvalue weighted by Crippen LogP contribution is 2.39. The molecule has 0 bridgehead atoms. The van der Waals surface area contributed by atoms with Crippen LogP contribution >= 0.6 is 32.9 Å². The zero-order chi connectivity index (χ0) is 15.2. The van der Waals surface area contributed by atoms with Gasteiger partial charge in [0.2, 0.25) is 5.91 Å². The summed E-state index contributed by atoms with van der Waals surface area (Å²) in [7, 11) is 4.04. The monoisotopic (exact) mass is 357 g/mol. The lowest BCUT2D eigenvalue weighted by atomic mass is 10.1. The number of piperazine rings is 1. The lowest BCUT2D eigenvalue weighted by Crippen LogP contribution is -2.48. The van der Waals surface area contributed by atoms with Crippen molar-refractivity contribution in [3.8, 4) is 0 Å². The van der Waals surface area contributed by atoms with Gasteiger partial charge >= 0.3 is 0 Å². The second-order valence-electron chi connectivity index (χ2n) is 5.76. The van der Waals surface area contributed by atoms with E-state index >= 15 is 0 Å². The fraction of sp³-hybridized carbons (Fsp3) is 0.733. The summed E-state index contributed by atoms with van der Waals surface area (Å²) in [5.74, 6) is 1.64. The van der Waals surface area contributed by atoms with E-state index in [9.17, 15) is 4.79 Å². The van der Waals surface area contributed by atoms with E-state index in [1.807, 2.05) is 38.1 Å². The average molecular weight is 358 g/mol. The maximum Gasteiger partial charge on any atom is 0.222 e. The molecule has 2 saturated heterocycles. The van der Waals surface area contributed by atoms with Crippen molar-refractivity contribution in [2.75, 3.05) is 36.8 Å². The highest BCUT2D eigenvalue weighted by Gasteiger charge is 2.22. The van der Waals surface area contributed by atoms with Crippen LogP contribution in [0.1, 0.15) is 32.1 Å². The Balaban J connectivity index is 1.31. The van der Waals surface area contributed by atoms with Gasteiger partial charge in [-0.15, -0.1) is 11.3 Å². The van der Waals surface area contributed by atoms with Crippen LogP contribution in [0.15, 0.2) is 11.6 Å². The van der Waals surface area contributed by atoms with E-state index in [0.717, 1.165) is 49.4 Å². The van der Waals surface area contributed by atoms with Crippen molar-refractivity contribution in [1.29, 1.82) is 0 Å². The molecule has 2 fully saturated rings. The Morgan fingerprint density at radius 3 is 2.82 bits per heavy atom. The minimum atomic E-state index is 0.340. The molecule has 1 atom stereocenters. The van der Waals surface area contributed by atoms with E-state index in [4.69, 9.17) is 0 Å². The SMILES string of the molecule is O=C(CCCCC1CCSS1)N1CCN(c2nccs2)CC1. The number of amides is 1. The van der Waals surface area contributed by atoms with Gasteiger partial charge in [0.05, 0.1) is 0 Å². The van der Waals surface area contributed by atoms with E-state index in [1.165, 1.54) is 25.0 Å².